The molecule has 0 fully saturated rings. The number of rotatable bonds is 5. The van der Waals surface area contributed by atoms with E-state index in [1.54, 1.807) is 45.2 Å². The fourth-order valence-corrected chi connectivity index (χ4v) is 3.55. The number of hydrogen-bond acceptors (Lipinski definition) is 6. The summed E-state index contributed by atoms with van der Waals surface area (Å²) in [5, 5.41) is 13.9. The number of aryl methyl sites for hydroxylation is 1. The number of thiazole rings is 1. The summed E-state index contributed by atoms with van der Waals surface area (Å²) in [5.41, 5.74) is 0.657. The van der Waals surface area contributed by atoms with Crippen molar-refractivity contribution in [3.63, 3.8) is 0 Å². The molecule has 0 bridgehead atoms. The topological polar surface area (TPSA) is 88.0 Å². The van der Waals surface area contributed by atoms with Gasteiger partial charge in [0.05, 0.1) is 11.6 Å². The molecule has 0 aliphatic rings. The maximum absolute atomic E-state index is 12.9. The number of benzene rings is 1. The summed E-state index contributed by atoms with van der Waals surface area (Å²) >= 11 is 1.46. The molecule has 3 rings (SSSR count). The molecule has 3 aromatic rings. The lowest BCUT2D eigenvalue weighted by Gasteiger charge is -2.20. The van der Waals surface area contributed by atoms with Crippen LogP contribution in [0, 0.1) is 6.92 Å². The minimum atomic E-state index is -4.63. The maximum Gasteiger partial charge on any atom is 0.451 e. The van der Waals surface area contributed by atoms with Crippen LogP contribution < -0.4 is 5.32 Å². The number of halogens is 3. The van der Waals surface area contributed by atoms with E-state index in [2.05, 4.69) is 20.3 Å². The predicted molar refractivity (Wildman–Crippen MR) is 110 cm³/mol. The third-order valence-corrected chi connectivity index (χ3v) is 5.50. The van der Waals surface area contributed by atoms with Gasteiger partial charge < -0.3 is 10.4 Å². The Morgan fingerprint density at radius 2 is 1.74 bits per heavy atom. The Bertz CT molecular complexity index is 1090. The van der Waals surface area contributed by atoms with Crippen molar-refractivity contribution in [2.75, 3.05) is 0 Å². The van der Waals surface area contributed by atoms with Crippen LogP contribution in [0.2, 0.25) is 0 Å². The zero-order valence-electron chi connectivity index (χ0n) is 17.3. The van der Waals surface area contributed by atoms with E-state index in [1.165, 1.54) is 11.3 Å². The zero-order valence-corrected chi connectivity index (χ0v) is 18.1. The van der Waals surface area contributed by atoms with E-state index in [-0.39, 0.29) is 0 Å². The number of alkyl halides is 3. The minimum absolute atomic E-state index is 0.294. The maximum atomic E-state index is 12.9. The van der Waals surface area contributed by atoms with Gasteiger partial charge in [-0.25, -0.2) is 15.0 Å². The van der Waals surface area contributed by atoms with E-state index >= 15 is 0 Å². The average molecular weight is 450 g/mol. The van der Waals surface area contributed by atoms with E-state index in [9.17, 15) is 23.1 Å². The molecule has 0 aliphatic carbocycles. The molecule has 2 heterocycles. The SMILES string of the molecule is Cc1cnc(-c2cc(C(=O)NC(C)c3cnc(C(F)(F)F)nc3)cc(C(C)(C)O)c2)s1. The van der Waals surface area contributed by atoms with Crippen molar-refractivity contribution in [2.24, 2.45) is 0 Å². The molecule has 31 heavy (non-hydrogen) atoms. The Morgan fingerprint density at radius 3 is 2.26 bits per heavy atom. The molecule has 1 unspecified atom stereocenters. The van der Waals surface area contributed by atoms with Crippen molar-refractivity contribution in [1.82, 2.24) is 20.3 Å². The van der Waals surface area contributed by atoms with Gasteiger partial charge in [0.1, 0.15) is 5.01 Å². The van der Waals surface area contributed by atoms with Crippen LogP contribution in [0.5, 0.6) is 0 Å². The van der Waals surface area contributed by atoms with Crippen LogP contribution in [0.25, 0.3) is 10.6 Å². The summed E-state index contributed by atoms with van der Waals surface area (Å²) in [6.45, 7) is 6.77. The van der Waals surface area contributed by atoms with Crippen LogP contribution in [0.1, 0.15) is 59.0 Å². The highest BCUT2D eigenvalue weighted by molar-refractivity contribution is 7.14. The number of aromatic nitrogens is 3. The molecular formula is C21H21F3N4O2S. The van der Waals surface area contributed by atoms with Gasteiger partial charge in [-0.15, -0.1) is 11.3 Å². The number of amides is 1. The Kier molecular flexibility index (Phi) is 6.15. The van der Waals surface area contributed by atoms with Crippen molar-refractivity contribution < 1.29 is 23.1 Å². The van der Waals surface area contributed by atoms with E-state index in [1.807, 2.05) is 6.92 Å². The molecule has 164 valence electrons. The van der Waals surface area contributed by atoms with Crippen molar-refractivity contribution in [2.45, 2.75) is 45.5 Å². The number of carbonyl (C=O) groups is 1. The van der Waals surface area contributed by atoms with Crippen molar-refractivity contribution in [1.29, 1.82) is 0 Å². The first-order valence-electron chi connectivity index (χ1n) is 9.35. The number of nitrogens with one attached hydrogen (secondary N) is 1. The van der Waals surface area contributed by atoms with Gasteiger partial charge in [-0.2, -0.15) is 13.2 Å². The quantitative estimate of drug-likeness (QED) is 0.591. The molecule has 6 nitrogen and oxygen atoms in total. The fraction of sp³-hybridized carbons (Fsp3) is 0.333. The van der Waals surface area contributed by atoms with Crippen LogP contribution in [0.15, 0.2) is 36.8 Å². The third-order valence-electron chi connectivity index (χ3n) is 4.54. The lowest BCUT2D eigenvalue weighted by molar-refractivity contribution is -0.145. The van der Waals surface area contributed by atoms with E-state index in [0.29, 0.717) is 27.3 Å². The van der Waals surface area contributed by atoms with E-state index in [0.717, 1.165) is 17.3 Å². The highest BCUT2D eigenvalue weighted by atomic mass is 32.1. The minimum Gasteiger partial charge on any atom is -0.386 e. The highest BCUT2D eigenvalue weighted by Crippen LogP contribution is 2.31. The monoisotopic (exact) mass is 450 g/mol. The Labute approximate surface area is 181 Å². The fourth-order valence-electron chi connectivity index (χ4n) is 2.79. The lowest BCUT2D eigenvalue weighted by atomic mass is 9.94. The van der Waals surface area contributed by atoms with Gasteiger partial charge >= 0.3 is 6.18 Å². The van der Waals surface area contributed by atoms with Gasteiger partial charge in [-0.3, -0.25) is 4.79 Å². The molecule has 0 aliphatic heterocycles. The third kappa shape index (κ3) is 5.45. The van der Waals surface area contributed by atoms with E-state index in [4.69, 9.17) is 0 Å². The number of hydrogen-bond donors (Lipinski definition) is 2. The molecule has 10 heteroatoms. The standard InChI is InChI=1S/C21H21F3N4O2S/c1-11-8-25-18(31-11)14-5-13(6-16(7-14)20(3,4)30)17(29)28-12(2)15-9-26-19(27-10-15)21(22,23)24/h5-10,12,30H,1-4H3,(H,28,29). The van der Waals surface area contributed by atoms with Crippen LogP contribution in [-0.4, -0.2) is 26.0 Å². The van der Waals surface area contributed by atoms with Gasteiger partial charge in [0.25, 0.3) is 5.91 Å². The van der Waals surface area contributed by atoms with E-state index < -0.39 is 29.6 Å². The zero-order chi connectivity index (χ0) is 23.0. The summed E-state index contributed by atoms with van der Waals surface area (Å²) in [6, 6.07) is 4.39. The van der Waals surface area contributed by atoms with Crippen molar-refractivity contribution >= 4 is 17.2 Å². The summed E-state index contributed by atoms with van der Waals surface area (Å²) in [7, 11) is 0. The van der Waals surface area contributed by atoms with Crippen LogP contribution in [0.3, 0.4) is 0 Å². The van der Waals surface area contributed by atoms with Crippen LogP contribution in [0.4, 0.5) is 13.2 Å². The molecule has 1 atom stereocenters. The number of carbonyl (C=O) groups excluding carboxylic acids is 1. The summed E-state index contributed by atoms with van der Waals surface area (Å²) in [4.78, 5) is 24.9. The normalized spacial score (nSPS) is 13.2. The summed E-state index contributed by atoms with van der Waals surface area (Å²) < 4.78 is 37.9. The van der Waals surface area contributed by atoms with Gasteiger partial charge in [-0.05, 0) is 51.5 Å². The predicted octanol–water partition coefficient (Wildman–Crippen LogP) is 4.65. The van der Waals surface area contributed by atoms with Gasteiger partial charge in [0, 0.05) is 40.2 Å². The number of aliphatic hydroxyl groups is 1. The second-order valence-electron chi connectivity index (χ2n) is 7.67. The van der Waals surface area contributed by atoms with Gasteiger partial charge in [0.15, 0.2) is 0 Å². The second-order valence-corrected chi connectivity index (χ2v) is 8.90. The first kappa shape index (κ1) is 22.8. The second kappa shape index (κ2) is 8.35. The molecule has 0 radical (unpaired) electrons. The molecule has 2 aromatic heterocycles. The summed E-state index contributed by atoms with van der Waals surface area (Å²) in [5.74, 6) is -1.69. The first-order chi connectivity index (χ1) is 14.3. The van der Waals surface area contributed by atoms with Gasteiger partial charge in [0.2, 0.25) is 5.82 Å². The van der Waals surface area contributed by atoms with Crippen molar-refractivity contribution in [3.8, 4) is 10.6 Å². The summed E-state index contributed by atoms with van der Waals surface area (Å²) in [6.07, 6.45) is -0.827. The highest BCUT2D eigenvalue weighted by Gasteiger charge is 2.34. The molecule has 1 aromatic carbocycles. The molecular weight excluding hydrogens is 429 g/mol. The Hall–Kier alpha value is -2.85. The molecule has 0 saturated heterocycles. The first-order valence-corrected chi connectivity index (χ1v) is 10.2. The molecule has 0 spiro atoms. The smallest absolute Gasteiger partial charge is 0.386 e. The largest absolute Gasteiger partial charge is 0.451 e. The Morgan fingerprint density at radius 1 is 1.10 bits per heavy atom. The molecule has 2 N–H and O–H groups in total. The van der Waals surface area contributed by atoms with Gasteiger partial charge in [-0.1, -0.05) is 0 Å². The number of nitrogens with zero attached hydrogens (tertiary/aromatic N) is 3. The molecule has 1 amide bonds. The van der Waals surface area contributed by atoms with Crippen LogP contribution >= 0.6 is 11.3 Å². The van der Waals surface area contributed by atoms with Crippen LogP contribution in [-0.2, 0) is 11.8 Å². The average Bonchev–Trinajstić information content (AvgIpc) is 3.12. The lowest BCUT2D eigenvalue weighted by Crippen LogP contribution is -2.28. The molecule has 0 saturated carbocycles. The Balaban J connectivity index is 1.88. The van der Waals surface area contributed by atoms with Crippen molar-refractivity contribution in [3.05, 3.63) is 64.2 Å².